The Bertz CT molecular complexity index is 2890. The van der Waals surface area contributed by atoms with E-state index in [9.17, 15) is 0 Å². The van der Waals surface area contributed by atoms with Crippen LogP contribution in [0.15, 0.2) is 194 Å². The van der Waals surface area contributed by atoms with Crippen LogP contribution in [0.3, 0.4) is 0 Å². The van der Waals surface area contributed by atoms with Gasteiger partial charge in [-0.3, -0.25) is 9.13 Å². The van der Waals surface area contributed by atoms with Gasteiger partial charge in [-0.1, -0.05) is 158 Å². The summed E-state index contributed by atoms with van der Waals surface area (Å²) in [4.78, 5) is 21.1. The molecule has 0 radical (unpaired) electrons. The number of rotatable bonds is 6. The van der Waals surface area contributed by atoms with Crippen LogP contribution in [0.1, 0.15) is 0 Å². The van der Waals surface area contributed by atoms with Gasteiger partial charge in [-0.2, -0.15) is 0 Å². The van der Waals surface area contributed by atoms with E-state index in [1.807, 2.05) is 72.8 Å². The van der Waals surface area contributed by atoms with Crippen molar-refractivity contribution in [3.8, 4) is 56.9 Å². The summed E-state index contributed by atoms with van der Waals surface area (Å²) in [6.07, 6.45) is 0. The first-order chi connectivity index (χ1) is 27.8. The summed E-state index contributed by atoms with van der Waals surface area (Å²) in [5.74, 6) is 1.21. The SMILES string of the molecule is c1ccc(-c2cc(-c3ccccc3)nc(-n3c4ccccc4c4cc5c6ccccc6n(-c6nc(-c7ccccc7)cc(-c7ccccc7)n6)c5cc43)n2)cc1. The van der Waals surface area contributed by atoms with Crippen LogP contribution < -0.4 is 0 Å². The van der Waals surface area contributed by atoms with Gasteiger partial charge < -0.3 is 0 Å². The van der Waals surface area contributed by atoms with Crippen molar-refractivity contribution in [2.24, 2.45) is 0 Å². The third kappa shape index (κ3) is 5.27. The summed E-state index contributed by atoms with van der Waals surface area (Å²) in [6, 6.07) is 67.1. The molecule has 6 nitrogen and oxygen atoms in total. The smallest absolute Gasteiger partial charge is 0.235 e. The summed E-state index contributed by atoms with van der Waals surface area (Å²) in [7, 11) is 0. The van der Waals surface area contributed by atoms with Crippen LogP contribution in [0.25, 0.3) is 101 Å². The molecule has 0 aliphatic heterocycles. The lowest BCUT2D eigenvalue weighted by Gasteiger charge is -2.13. The van der Waals surface area contributed by atoms with E-state index in [1.54, 1.807) is 0 Å². The Morgan fingerprint density at radius 1 is 0.250 bits per heavy atom. The summed E-state index contributed by atoms with van der Waals surface area (Å²) >= 11 is 0. The van der Waals surface area contributed by atoms with Crippen LogP contribution in [-0.2, 0) is 0 Å². The van der Waals surface area contributed by atoms with Crippen molar-refractivity contribution < 1.29 is 0 Å². The van der Waals surface area contributed by atoms with Crippen molar-refractivity contribution in [1.82, 2.24) is 29.1 Å². The topological polar surface area (TPSA) is 61.4 Å². The van der Waals surface area contributed by atoms with Crippen LogP contribution in [0.4, 0.5) is 0 Å². The lowest BCUT2D eigenvalue weighted by Crippen LogP contribution is -2.05. The average Bonchev–Trinajstić information content (AvgIpc) is 3.78. The fraction of sp³-hybridized carbons (Fsp3) is 0. The number of hydrogen-bond donors (Lipinski definition) is 0. The van der Waals surface area contributed by atoms with Crippen LogP contribution in [0.5, 0.6) is 0 Å². The summed E-state index contributed by atoms with van der Waals surface area (Å²) in [6.45, 7) is 0. The second-order valence-electron chi connectivity index (χ2n) is 13.9. The predicted molar refractivity (Wildman–Crippen MR) is 228 cm³/mol. The van der Waals surface area contributed by atoms with Gasteiger partial charge in [0.05, 0.1) is 44.8 Å². The molecule has 0 N–H and O–H groups in total. The van der Waals surface area contributed by atoms with Gasteiger partial charge in [-0.25, -0.2) is 19.9 Å². The maximum Gasteiger partial charge on any atom is 0.235 e. The van der Waals surface area contributed by atoms with Gasteiger partial charge in [0.1, 0.15) is 0 Å². The van der Waals surface area contributed by atoms with Crippen LogP contribution in [0.2, 0.25) is 0 Å². The van der Waals surface area contributed by atoms with Gasteiger partial charge >= 0.3 is 0 Å². The van der Waals surface area contributed by atoms with E-state index >= 15 is 0 Å². The lowest BCUT2D eigenvalue weighted by molar-refractivity contribution is 0.989. The zero-order chi connectivity index (χ0) is 37.0. The molecule has 0 unspecified atom stereocenters. The zero-order valence-electron chi connectivity index (χ0n) is 30.2. The van der Waals surface area contributed by atoms with E-state index < -0.39 is 0 Å². The fourth-order valence-corrected chi connectivity index (χ4v) is 7.96. The molecule has 262 valence electrons. The van der Waals surface area contributed by atoms with E-state index in [2.05, 4.69) is 130 Å². The monoisotopic (exact) mass is 716 g/mol. The number of benzene rings is 7. The standard InChI is InChI=1S/C50H32N6/c1-5-17-33(18-6-1)41-30-42(34-19-7-2-8-20-34)52-49(51-41)55-45-27-15-13-25-37(45)39-29-40-38-26-14-16-28-46(38)56(48(40)32-47(39)55)50-53-43(35-21-9-3-10-22-35)31-44(54-50)36-23-11-4-12-24-36/h1-32H. The maximum absolute atomic E-state index is 5.29. The van der Waals surface area contributed by atoms with Crippen molar-refractivity contribution in [2.45, 2.75) is 0 Å². The van der Waals surface area contributed by atoms with Crippen LogP contribution in [0, 0.1) is 0 Å². The summed E-state index contributed by atoms with van der Waals surface area (Å²) in [5, 5.41) is 4.50. The molecule has 6 heteroatoms. The molecule has 0 aliphatic rings. The number of hydrogen-bond acceptors (Lipinski definition) is 4. The third-order valence-electron chi connectivity index (χ3n) is 10.6. The molecule has 4 aromatic heterocycles. The minimum absolute atomic E-state index is 0.604. The summed E-state index contributed by atoms with van der Waals surface area (Å²) in [5.41, 5.74) is 11.6. The van der Waals surface area contributed by atoms with E-state index in [-0.39, 0.29) is 0 Å². The largest absolute Gasteiger partial charge is 0.278 e. The Morgan fingerprint density at radius 2 is 0.554 bits per heavy atom. The second-order valence-corrected chi connectivity index (χ2v) is 13.9. The highest BCUT2D eigenvalue weighted by atomic mass is 15.2. The first kappa shape index (κ1) is 31.8. The molecule has 0 bridgehead atoms. The zero-order valence-corrected chi connectivity index (χ0v) is 30.2. The normalized spacial score (nSPS) is 11.6. The van der Waals surface area contributed by atoms with E-state index in [0.29, 0.717) is 11.9 Å². The first-order valence-electron chi connectivity index (χ1n) is 18.7. The maximum atomic E-state index is 5.29. The van der Waals surface area contributed by atoms with Crippen molar-refractivity contribution in [2.75, 3.05) is 0 Å². The fourth-order valence-electron chi connectivity index (χ4n) is 7.96. The van der Waals surface area contributed by atoms with Gasteiger partial charge in [0.25, 0.3) is 0 Å². The Balaban J connectivity index is 1.23. The van der Waals surface area contributed by atoms with Crippen molar-refractivity contribution in [3.05, 3.63) is 194 Å². The number of aromatic nitrogens is 6. The highest BCUT2D eigenvalue weighted by molar-refractivity contribution is 6.19. The third-order valence-corrected chi connectivity index (χ3v) is 10.6. The van der Waals surface area contributed by atoms with Crippen molar-refractivity contribution in [1.29, 1.82) is 0 Å². The highest BCUT2D eigenvalue weighted by Crippen LogP contribution is 2.40. The van der Waals surface area contributed by atoms with Crippen LogP contribution in [-0.4, -0.2) is 29.1 Å². The van der Waals surface area contributed by atoms with Gasteiger partial charge in [0, 0.05) is 43.8 Å². The molecule has 0 amide bonds. The molecular formula is C50H32N6. The molecule has 11 rings (SSSR count). The number of fused-ring (bicyclic) bond motifs is 6. The molecule has 0 fully saturated rings. The molecule has 7 aromatic carbocycles. The van der Waals surface area contributed by atoms with E-state index in [1.165, 1.54) is 0 Å². The Kier molecular flexibility index (Phi) is 7.38. The molecule has 4 heterocycles. The van der Waals surface area contributed by atoms with Crippen molar-refractivity contribution in [3.63, 3.8) is 0 Å². The Hall–Kier alpha value is -7.70. The molecule has 0 spiro atoms. The minimum atomic E-state index is 0.604. The second kappa shape index (κ2) is 13.0. The molecule has 0 saturated heterocycles. The molecule has 56 heavy (non-hydrogen) atoms. The molecular weight excluding hydrogens is 685 g/mol. The predicted octanol–water partition coefficient (Wildman–Crippen LogP) is 12.1. The van der Waals surface area contributed by atoms with Gasteiger partial charge in [0.15, 0.2) is 0 Å². The lowest BCUT2D eigenvalue weighted by atomic mass is 10.1. The quantitative estimate of drug-likeness (QED) is 0.172. The first-order valence-corrected chi connectivity index (χ1v) is 18.7. The number of nitrogens with zero attached hydrogens (tertiary/aromatic N) is 6. The Morgan fingerprint density at radius 3 is 0.893 bits per heavy atom. The summed E-state index contributed by atoms with van der Waals surface area (Å²) < 4.78 is 4.42. The minimum Gasteiger partial charge on any atom is -0.278 e. The molecule has 0 aliphatic carbocycles. The average molecular weight is 717 g/mol. The molecule has 0 atom stereocenters. The van der Waals surface area contributed by atoms with E-state index in [0.717, 1.165) is 88.6 Å². The van der Waals surface area contributed by atoms with Gasteiger partial charge in [-0.05, 0) is 36.4 Å². The number of para-hydroxylation sites is 2. The molecule has 11 aromatic rings. The molecule has 0 saturated carbocycles. The van der Waals surface area contributed by atoms with Gasteiger partial charge in [-0.15, -0.1) is 0 Å². The van der Waals surface area contributed by atoms with Crippen LogP contribution >= 0.6 is 0 Å². The van der Waals surface area contributed by atoms with Crippen molar-refractivity contribution >= 4 is 43.6 Å². The van der Waals surface area contributed by atoms with Gasteiger partial charge in [0.2, 0.25) is 11.9 Å². The highest BCUT2D eigenvalue weighted by Gasteiger charge is 2.22. The van der Waals surface area contributed by atoms with E-state index in [4.69, 9.17) is 19.9 Å². The Labute approximate surface area is 322 Å².